The van der Waals surface area contributed by atoms with E-state index in [2.05, 4.69) is 55.0 Å². The Morgan fingerprint density at radius 3 is 2.24 bits per heavy atom. The average molecular weight is 359 g/mol. The van der Waals surface area contributed by atoms with Crippen molar-refractivity contribution in [2.75, 3.05) is 0 Å². The fourth-order valence-electron chi connectivity index (χ4n) is 2.43. The Morgan fingerprint density at radius 1 is 1.16 bits per heavy atom. The van der Waals surface area contributed by atoms with Crippen LogP contribution in [0.25, 0.3) is 0 Å². The van der Waals surface area contributed by atoms with Gasteiger partial charge in [-0.05, 0) is 23.5 Å². The summed E-state index contributed by atoms with van der Waals surface area (Å²) in [4.78, 5) is 20.4. The lowest BCUT2D eigenvalue weighted by Crippen LogP contribution is -2.11. The molecule has 0 spiro atoms. The number of thioether (sulfide) groups is 1. The lowest BCUT2D eigenvalue weighted by atomic mass is 9.87. The van der Waals surface area contributed by atoms with E-state index < -0.39 is 5.97 Å². The SMILES string of the molecule is Cc1nc(C(C)C)nc(SCc2ccc(C(C)(C)C)cc2)c1C(=O)O. The maximum Gasteiger partial charge on any atom is 0.340 e. The summed E-state index contributed by atoms with van der Waals surface area (Å²) in [6.07, 6.45) is 0. The van der Waals surface area contributed by atoms with Gasteiger partial charge in [-0.15, -0.1) is 11.8 Å². The molecule has 0 aliphatic heterocycles. The number of carboxylic acids is 1. The van der Waals surface area contributed by atoms with Crippen molar-refractivity contribution in [3.05, 3.63) is 52.5 Å². The highest BCUT2D eigenvalue weighted by molar-refractivity contribution is 7.98. The Labute approximate surface area is 154 Å². The summed E-state index contributed by atoms with van der Waals surface area (Å²) >= 11 is 1.46. The molecule has 0 bridgehead atoms. The summed E-state index contributed by atoms with van der Waals surface area (Å²) in [5.41, 5.74) is 3.29. The van der Waals surface area contributed by atoms with Crippen molar-refractivity contribution >= 4 is 17.7 Å². The fourth-order valence-corrected chi connectivity index (χ4v) is 3.46. The van der Waals surface area contributed by atoms with Gasteiger partial charge >= 0.3 is 5.97 Å². The van der Waals surface area contributed by atoms with Gasteiger partial charge in [0.25, 0.3) is 0 Å². The van der Waals surface area contributed by atoms with Crippen molar-refractivity contribution in [2.45, 2.75) is 63.7 Å². The first kappa shape index (κ1) is 19.4. The van der Waals surface area contributed by atoms with E-state index in [1.165, 1.54) is 17.3 Å². The molecule has 4 nitrogen and oxygen atoms in total. The van der Waals surface area contributed by atoms with E-state index in [0.29, 0.717) is 22.3 Å². The van der Waals surface area contributed by atoms with E-state index in [1.54, 1.807) is 6.92 Å². The molecule has 2 rings (SSSR count). The molecule has 1 aromatic carbocycles. The third-order valence-corrected chi connectivity index (χ3v) is 5.05. The Kier molecular flexibility index (Phi) is 5.88. The van der Waals surface area contributed by atoms with E-state index in [4.69, 9.17) is 0 Å². The quantitative estimate of drug-likeness (QED) is 0.588. The van der Waals surface area contributed by atoms with Crippen molar-refractivity contribution in [3.63, 3.8) is 0 Å². The first-order valence-corrected chi connectivity index (χ1v) is 9.42. The van der Waals surface area contributed by atoms with Gasteiger partial charge in [0, 0.05) is 11.7 Å². The highest BCUT2D eigenvalue weighted by atomic mass is 32.2. The van der Waals surface area contributed by atoms with Crippen LogP contribution in [-0.4, -0.2) is 21.0 Å². The van der Waals surface area contributed by atoms with Crippen LogP contribution in [0.1, 0.15) is 73.5 Å². The summed E-state index contributed by atoms with van der Waals surface area (Å²) in [7, 11) is 0. The number of aryl methyl sites for hydroxylation is 1. The highest BCUT2D eigenvalue weighted by Crippen LogP contribution is 2.29. The van der Waals surface area contributed by atoms with Crippen LogP contribution in [-0.2, 0) is 11.2 Å². The molecule has 0 atom stereocenters. The van der Waals surface area contributed by atoms with Gasteiger partial charge < -0.3 is 5.11 Å². The van der Waals surface area contributed by atoms with Crippen LogP contribution in [0.5, 0.6) is 0 Å². The average Bonchev–Trinajstić information content (AvgIpc) is 2.51. The van der Waals surface area contributed by atoms with Gasteiger partial charge in [0.15, 0.2) is 0 Å². The van der Waals surface area contributed by atoms with Gasteiger partial charge in [-0.3, -0.25) is 0 Å². The zero-order valence-electron chi connectivity index (χ0n) is 15.8. The predicted octanol–water partition coefficient (Wildman–Crippen LogP) is 5.20. The minimum atomic E-state index is -0.974. The van der Waals surface area contributed by atoms with Gasteiger partial charge in [0.05, 0.1) is 5.69 Å². The van der Waals surface area contributed by atoms with Crippen molar-refractivity contribution in [1.82, 2.24) is 9.97 Å². The van der Waals surface area contributed by atoms with Crippen LogP contribution in [0.2, 0.25) is 0 Å². The monoisotopic (exact) mass is 358 g/mol. The molecule has 1 N–H and O–H groups in total. The molecule has 25 heavy (non-hydrogen) atoms. The lowest BCUT2D eigenvalue weighted by molar-refractivity contribution is 0.0690. The number of aromatic carboxylic acids is 1. The van der Waals surface area contributed by atoms with Gasteiger partial charge in [0.2, 0.25) is 0 Å². The van der Waals surface area contributed by atoms with Crippen LogP contribution in [0.4, 0.5) is 0 Å². The Morgan fingerprint density at radius 2 is 1.76 bits per heavy atom. The Balaban J connectivity index is 2.26. The van der Waals surface area contributed by atoms with Gasteiger partial charge in [-0.1, -0.05) is 58.9 Å². The second-order valence-corrected chi connectivity index (χ2v) is 8.51. The highest BCUT2D eigenvalue weighted by Gasteiger charge is 2.19. The van der Waals surface area contributed by atoms with Crippen LogP contribution in [0.15, 0.2) is 29.3 Å². The molecule has 134 valence electrons. The Bertz CT molecular complexity index is 763. The van der Waals surface area contributed by atoms with E-state index in [9.17, 15) is 9.90 Å². The molecule has 0 saturated heterocycles. The van der Waals surface area contributed by atoms with Gasteiger partial charge in [-0.2, -0.15) is 0 Å². The first-order chi connectivity index (χ1) is 11.6. The summed E-state index contributed by atoms with van der Waals surface area (Å²) in [6.45, 7) is 12.3. The molecule has 2 aromatic rings. The van der Waals surface area contributed by atoms with E-state index in [0.717, 1.165) is 5.56 Å². The van der Waals surface area contributed by atoms with Crippen LogP contribution in [0, 0.1) is 6.92 Å². The maximum atomic E-state index is 11.6. The number of benzene rings is 1. The molecule has 0 fully saturated rings. The number of aromatic nitrogens is 2. The topological polar surface area (TPSA) is 63.1 Å². The third-order valence-electron chi connectivity index (χ3n) is 4.00. The number of carbonyl (C=O) groups is 1. The molecule has 1 aromatic heterocycles. The molecule has 0 radical (unpaired) electrons. The van der Waals surface area contributed by atoms with Crippen molar-refractivity contribution in [2.24, 2.45) is 0 Å². The fraction of sp³-hybridized carbons (Fsp3) is 0.450. The molecular weight excluding hydrogens is 332 g/mol. The molecule has 5 heteroatoms. The standard InChI is InChI=1S/C20H26N2O2S/c1-12(2)17-21-13(3)16(19(23)24)18(22-17)25-11-14-7-9-15(10-8-14)20(4,5)6/h7-10,12H,11H2,1-6H3,(H,23,24). The number of carboxylic acid groups (broad SMARTS) is 1. The van der Waals surface area contributed by atoms with Crippen molar-refractivity contribution < 1.29 is 9.90 Å². The zero-order chi connectivity index (χ0) is 18.8. The smallest absolute Gasteiger partial charge is 0.340 e. The van der Waals surface area contributed by atoms with E-state index in [1.807, 2.05) is 13.8 Å². The molecule has 0 amide bonds. The third kappa shape index (κ3) is 4.82. The molecule has 0 aliphatic carbocycles. The molecular formula is C20H26N2O2S. The van der Waals surface area contributed by atoms with Gasteiger partial charge in [0.1, 0.15) is 16.4 Å². The van der Waals surface area contributed by atoms with Crippen LogP contribution < -0.4 is 0 Å². The summed E-state index contributed by atoms with van der Waals surface area (Å²) in [6, 6.07) is 8.48. The molecule has 0 aliphatic rings. The number of nitrogens with zero attached hydrogens (tertiary/aromatic N) is 2. The Hall–Kier alpha value is -1.88. The first-order valence-electron chi connectivity index (χ1n) is 8.43. The second kappa shape index (κ2) is 7.56. The van der Waals surface area contributed by atoms with Crippen LogP contribution in [0.3, 0.4) is 0 Å². The van der Waals surface area contributed by atoms with Crippen molar-refractivity contribution in [3.8, 4) is 0 Å². The van der Waals surface area contributed by atoms with Crippen LogP contribution >= 0.6 is 11.8 Å². The largest absolute Gasteiger partial charge is 0.478 e. The number of hydrogen-bond acceptors (Lipinski definition) is 4. The van der Waals surface area contributed by atoms with Gasteiger partial charge in [-0.25, -0.2) is 14.8 Å². The lowest BCUT2D eigenvalue weighted by Gasteiger charge is -2.19. The predicted molar refractivity (Wildman–Crippen MR) is 103 cm³/mol. The summed E-state index contributed by atoms with van der Waals surface area (Å²) in [5.74, 6) is 0.553. The molecule has 0 saturated carbocycles. The number of rotatable bonds is 5. The molecule has 0 unspecified atom stereocenters. The molecule has 1 heterocycles. The normalized spacial score (nSPS) is 11.8. The van der Waals surface area contributed by atoms with E-state index >= 15 is 0 Å². The van der Waals surface area contributed by atoms with Crippen molar-refractivity contribution in [1.29, 1.82) is 0 Å². The number of hydrogen-bond donors (Lipinski definition) is 1. The second-order valence-electron chi connectivity index (χ2n) is 7.54. The maximum absolute atomic E-state index is 11.6. The minimum absolute atomic E-state index is 0.123. The summed E-state index contributed by atoms with van der Waals surface area (Å²) < 4.78 is 0. The van der Waals surface area contributed by atoms with E-state index in [-0.39, 0.29) is 16.9 Å². The minimum Gasteiger partial charge on any atom is -0.478 e. The summed E-state index contributed by atoms with van der Waals surface area (Å²) in [5, 5.41) is 10.1. The zero-order valence-corrected chi connectivity index (χ0v) is 16.6.